The van der Waals surface area contributed by atoms with Crippen LogP contribution in [0.2, 0.25) is 0 Å². The average molecular weight is 525 g/mol. The van der Waals surface area contributed by atoms with Crippen molar-refractivity contribution in [3.63, 3.8) is 0 Å². The Morgan fingerprint density at radius 2 is 1.76 bits per heavy atom. The van der Waals surface area contributed by atoms with Crippen molar-refractivity contribution >= 4 is 62.5 Å². The summed E-state index contributed by atoms with van der Waals surface area (Å²) in [6, 6.07) is 15.1. The van der Waals surface area contributed by atoms with E-state index >= 15 is 0 Å². The maximum Gasteiger partial charge on any atom is 0.271 e. The van der Waals surface area contributed by atoms with Gasteiger partial charge in [-0.3, -0.25) is 29.9 Å². The van der Waals surface area contributed by atoms with E-state index in [9.17, 15) is 19.7 Å². The van der Waals surface area contributed by atoms with Crippen LogP contribution < -0.4 is 10.2 Å². The van der Waals surface area contributed by atoms with Crippen molar-refractivity contribution < 1.29 is 14.5 Å². The Balaban J connectivity index is 1.76. The molecule has 1 N–H and O–H groups in total. The van der Waals surface area contributed by atoms with Crippen molar-refractivity contribution in [2.45, 2.75) is 13.8 Å². The summed E-state index contributed by atoms with van der Waals surface area (Å²) in [7, 11) is 0. The Labute approximate surface area is 202 Å². The van der Waals surface area contributed by atoms with Crippen LogP contribution in [-0.4, -0.2) is 26.4 Å². The Kier molecular flexibility index (Phi) is 5.96. The summed E-state index contributed by atoms with van der Waals surface area (Å²) in [5.74, 6) is -1.12. The third kappa shape index (κ3) is 4.22. The van der Waals surface area contributed by atoms with Crippen molar-refractivity contribution in [1.82, 2.24) is 9.88 Å². The molecule has 0 unspecified atom stereocenters. The van der Waals surface area contributed by atoms with Crippen LogP contribution in [0.15, 0.2) is 64.6 Å². The van der Waals surface area contributed by atoms with Crippen molar-refractivity contribution in [2.75, 3.05) is 4.90 Å². The minimum atomic E-state index is -0.585. The molecule has 3 aromatic rings. The highest BCUT2D eigenvalue weighted by Crippen LogP contribution is 2.28. The Morgan fingerprint density at radius 3 is 2.42 bits per heavy atom. The van der Waals surface area contributed by atoms with Gasteiger partial charge in [0.25, 0.3) is 17.5 Å². The molecule has 2 heterocycles. The number of nitro benzene ring substituents is 1. The third-order valence-corrected chi connectivity index (χ3v) is 6.07. The minimum absolute atomic E-state index is 0.00606. The number of nitrogens with one attached hydrogen (secondary N) is 1. The number of aromatic nitrogens is 1. The van der Waals surface area contributed by atoms with Crippen LogP contribution >= 0.6 is 28.1 Å². The molecule has 1 aliphatic rings. The highest BCUT2D eigenvalue weighted by molar-refractivity contribution is 9.10. The Morgan fingerprint density at radius 1 is 1.06 bits per heavy atom. The number of carbonyl (C=O) groups excluding carboxylic acids is 2. The van der Waals surface area contributed by atoms with Crippen LogP contribution in [0.3, 0.4) is 0 Å². The summed E-state index contributed by atoms with van der Waals surface area (Å²) < 4.78 is 2.68. The van der Waals surface area contributed by atoms with E-state index in [2.05, 4.69) is 21.2 Å². The molecule has 1 fully saturated rings. The number of non-ortho nitro benzene ring substituents is 1. The molecular formula is C23H17BrN4O4S. The molecule has 2 aromatic carbocycles. The van der Waals surface area contributed by atoms with E-state index in [0.717, 1.165) is 15.9 Å². The molecule has 10 heteroatoms. The molecule has 1 aromatic heterocycles. The number of aryl methyl sites for hydroxylation is 1. The summed E-state index contributed by atoms with van der Waals surface area (Å²) in [5, 5.41) is 13.8. The summed E-state index contributed by atoms with van der Waals surface area (Å²) in [5.41, 5.74) is 3.21. The van der Waals surface area contributed by atoms with Gasteiger partial charge >= 0.3 is 0 Å². The fourth-order valence-corrected chi connectivity index (χ4v) is 4.26. The van der Waals surface area contributed by atoms with Crippen LogP contribution in [0.4, 0.5) is 11.4 Å². The van der Waals surface area contributed by atoms with E-state index < -0.39 is 16.7 Å². The predicted octanol–water partition coefficient (Wildman–Crippen LogP) is 4.60. The predicted molar refractivity (Wildman–Crippen MR) is 132 cm³/mol. The van der Waals surface area contributed by atoms with E-state index in [-0.39, 0.29) is 16.4 Å². The lowest BCUT2D eigenvalue weighted by atomic mass is 10.1. The standard InChI is InChI=1S/C23H17BrN4O4S/c1-13-10-15(14(2)26(13)18-4-3-5-19(12-18)28(31)32)11-20-21(29)25-23(33)27(22(20)30)17-8-6-16(24)7-9-17/h3-12H,1-2H3,(H,25,29,33). The molecular weight excluding hydrogens is 508 g/mol. The zero-order valence-corrected chi connectivity index (χ0v) is 19.9. The first-order valence-corrected chi connectivity index (χ1v) is 11.0. The van der Waals surface area contributed by atoms with Gasteiger partial charge in [-0.2, -0.15) is 0 Å². The number of carbonyl (C=O) groups is 2. The molecule has 0 radical (unpaired) electrons. The van der Waals surface area contributed by atoms with Gasteiger partial charge in [-0.05, 0) is 74.1 Å². The lowest BCUT2D eigenvalue weighted by molar-refractivity contribution is -0.384. The van der Waals surface area contributed by atoms with E-state index in [1.54, 1.807) is 36.4 Å². The van der Waals surface area contributed by atoms with Gasteiger partial charge in [0.1, 0.15) is 5.57 Å². The topological polar surface area (TPSA) is 97.5 Å². The van der Waals surface area contributed by atoms with Crippen LogP contribution in [0.5, 0.6) is 0 Å². The second-order valence-electron chi connectivity index (χ2n) is 7.37. The van der Waals surface area contributed by atoms with Gasteiger partial charge in [0.2, 0.25) is 0 Å². The lowest BCUT2D eigenvalue weighted by Gasteiger charge is -2.29. The number of nitro groups is 1. The van der Waals surface area contributed by atoms with E-state index in [4.69, 9.17) is 12.2 Å². The fraction of sp³-hybridized carbons (Fsp3) is 0.0870. The summed E-state index contributed by atoms with van der Waals surface area (Å²) in [6.07, 6.45) is 1.52. The second kappa shape index (κ2) is 8.72. The molecule has 166 valence electrons. The molecule has 0 aliphatic carbocycles. The first-order chi connectivity index (χ1) is 15.7. The largest absolute Gasteiger partial charge is 0.318 e. The molecule has 0 atom stereocenters. The van der Waals surface area contributed by atoms with Crippen LogP contribution in [0, 0.1) is 24.0 Å². The van der Waals surface area contributed by atoms with E-state index in [1.165, 1.54) is 23.1 Å². The van der Waals surface area contributed by atoms with Gasteiger partial charge in [-0.1, -0.05) is 22.0 Å². The maximum absolute atomic E-state index is 13.2. The minimum Gasteiger partial charge on any atom is -0.318 e. The summed E-state index contributed by atoms with van der Waals surface area (Å²) >= 11 is 8.59. The van der Waals surface area contributed by atoms with Gasteiger partial charge < -0.3 is 4.57 Å². The summed E-state index contributed by atoms with van der Waals surface area (Å²) in [6.45, 7) is 3.67. The zero-order chi connectivity index (χ0) is 23.9. The van der Waals surface area contributed by atoms with Crippen molar-refractivity contribution in [3.8, 4) is 5.69 Å². The maximum atomic E-state index is 13.2. The highest BCUT2D eigenvalue weighted by Gasteiger charge is 2.34. The number of nitrogens with zero attached hydrogens (tertiary/aromatic N) is 3. The van der Waals surface area contributed by atoms with E-state index in [1.807, 2.05) is 24.5 Å². The number of thiocarbonyl (C=S) groups is 1. The number of halogens is 1. The van der Waals surface area contributed by atoms with Gasteiger partial charge in [0.05, 0.1) is 16.3 Å². The average Bonchev–Trinajstić information content (AvgIpc) is 3.05. The SMILES string of the molecule is Cc1cc(C=C2C(=O)NC(=S)N(c3ccc(Br)cc3)C2=O)c(C)n1-c1cccc([N+](=O)[O-])c1. The molecule has 8 nitrogen and oxygen atoms in total. The van der Waals surface area contributed by atoms with Gasteiger partial charge in [0.15, 0.2) is 5.11 Å². The number of rotatable bonds is 4. The van der Waals surface area contributed by atoms with Crippen LogP contribution in [-0.2, 0) is 9.59 Å². The summed E-state index contributed by atoms with van der Waals surface area (Å²) in [4.78, 5) is 37.9. The van der Waals surface area contributed by atoms with Crippen LogP contribution in [0.1, 0.15) is 17.0 Å². The number of anilines is 1. The smallest absolute Gasteiger partial charge is 0.271 e. The third-order valence-electron chi connectivity index (χ3n) is 5.26. The number of benzene rings is 2. The molecule has 2 amide bonds. The highest BCUT2D eigenvalue weighted by atomic mass is 79.9. The molecule has 33 heavy (non-hydrogen) atoms. The molecule has 0 bridgehead atoms. The Bertz CT molecular complexity index is 1360. The number of hydrogen-bond acceptors (Lipinski definition) is 5. The number of hydrogen-bond donors (Lipinski definition) is 1. The Hall–Kier alpha value is -3.63. The monoisotopic (exact) mass is 524 g/mol. The normalized spacial score (nSPS) is 15.2. The second-order valence-corrected chi connectivity index (χ2v) is 8.68. The first kappa shape index (κ1) is 22.6. The van der Waals surface area contributed by atoms with E-state index in [0.29, 0.717) is 16.9 Å². The van der Waals surface area contributed by atoms with Crippen molar-refractivity contribution in [1.29, 1.82) is 0 Å². The number of amides is 2. The molecule has 1 aliphatic heterocycles. The van der Waals surface area contributed by atoms with Crippen LogP contribution in [0.25, 0.3) is 11.8 Å². The van der Waals surface area contributed by atoms with Crippen molar-refractivity contribution in [3.05, 3.63) is 91.7 Å². The fourth-order valence-electron chi connectivity index (χ4n) is 3.71. The van der Waals surface area contributed by atoms with Gasteiger partial charge in [-0.25, -0.2) is 0 Å². The molecule has 0 spiro atoms. The van der Waals surface area contributed by atoms with Gasteiger partial charge in [-0.15, -0.1) is 0 Å². The quantitative estimate of drug-likeness (QED) is 0.177. The molecule has 0 saturated carbocycles. The lowest BCUT2D eigenvalue weighted by Crippen LogP contribution is -2.54. The molecule has 1 saturated heterocycles. The zero-order valence-electron chi connectivity index (χ0n) is 17.5. The van der Waals surface area contributed by atoms with Gasteiger partial charge in [0, 0.05) is 28.0 Å². The molecule has 4 rings (SSSR count). The first-order valence-electron chi connectivity index (χ1n) is 9.78. The van der Waals surface area contributed by atoms with Crippen molar-refractivity contribution in [2.24, 2.45) is 0 Å².